The molecule has 0 bridgehead atoms. The van der Waals surface area contributed by atoms with E-state index < -0.39 is 11.4 Å². The summed E-state index contributed by atoms with van der Waals surface area (Å²) in [5.41, 5.74) is -0.993. The van der Waals surface area contributed by atoms with Gasteiger partial charge in [-0.2, -0.15) is 0 Å². The number of unbranched alkanes of at least 4 members (excludes halogenated alkanes) is 18. The Morgan fingerprint density at radius 3 is 1.03 bits per heavy atom. The maximum atomic E-state index is 12.4. The van der Waals surface area contributed by atoms with Gasteiger partial charge in [0, 0.05) is 0 Å². The Labute approximate surface area is 213 Å². The van der Waals surface area contributed by atoms with E-state index in [1.807, 2.05) is 18.2 Å². The maximum absolute atomic E-state index is 12.4. The topological polar surface area (TPSA) is 37.3 Å². The Bertz CT molecular complexity index is 465. The van der Waals surface area contributed by atoms with Crippen molar-refractivity contribution in [2.45, 2.75) is 156 Å². The van der Waals surface area contributed by atoms with Gasteiger partial charge in [0.2, 0.25) is 0 Å². The summed E-state index contributed by atoms with van der Waals surface area (Å²) in [6, 6.07) is 0. The van der Waals surface area contributed by atoms with E-state index in [1.165, 1.54) is 96.3 Å². The zero-order valence-electron chi connectivity index (χ0n) is 23.2. The molecule has 0 aliphatic carbocycles. The summed E-state index contributed by atoms with van der Waals surface area (Å²) >= 11 is 0. The number of hydrogen-bond acceptors (Lipinski definition) is 1. The Morgan fingerprint density at radius 1 is 0.500 bits per heavy atom. The number of allylic oxidation sites excluding steroid dienone is 3. The van der Waals surface area contributed by atoms with Crippen molar-refractivity contribution < 1.29 is 9.90 Å². The molecule has 0 saturated carbocycles. The third kappa shape index (κ3) is 19.0. The Morgan fingerprint density at radius 2 is 0.765 bits per heavy atom. The van der Waals surface area contributed by atoms with E-state index in [-0.39, 0.29) is 0 Å². The zero-order valence-corrected chi connectivity index (χ0v) is 23.2. The molecule has 0 aromatic carbocycles. The number of carbonyl (C=O) groups is 1. The zero-order chi connectivity index (χ0) is 25.2. The van der Waals surface area contributed by atoms with Crippen LogP contribution in [0.15, 0.2) is 36.5 Å². The van der Waals surface area contributed by atoms with Crippen LogP contribution in [0.5, 0.6) is 0 Å². The van der Waals surface area contributed by atoms with E-state index in [1.54, 1.807) is 0 Å². The van der Waals surface area contributed by atoms with Crippen molar-refractivity contribution in [1.29, 1.82) is 0 Å². The van der Waals surface area contributed by atoms with E-state index in [0.29, 0.717) is 0 Å². The molecular weight excluding hydrogens is 416 g/mol. The van der Waals surface area contributed by atoms with E-state index in [9.17, 15) is 9.90 Å². The average molecular weight is 475 g/mol. The second-order valence-electron chi connectivity index (χ2n) is 10.1. The fourth-order valence-corrected chi connectivity index (χ4v) is 4.34. The first-order valence-corrected chi connectivity index (χ1v) is 14.9. The Hall–Kier alpha value is -1.31. The largest absolute Gasteiger partial charge is 0.480 e. The number of carboxylic acids is 1. The quantitative estimate of drug-likeness (QED) is 0.105. The smallest absolute Gasteiger partial charge is 0.321 e. The Kier molecular flexibility index (Phi) is 23.8. The third-order valence-corrected chi connectivity index (χ3v) is 6.72. The first kappa shape index (κ1) is 32.7. The van der Waals surface area contributed by atoms with Gasteiger partial charge >= 0.3 is 5.97 Å². The highest BCUT2D eigenvalue weighted by Gasteiger charge is 2.29. The molecule has 34 heavy (non-hydrogen) atoms. The highest BCUT2D eigenvalue weighted by molar-refractivity contribution is 5.82. The molecule has 0 aromatic rings. The second kappa shape index (κ2) is 24.8. The minimum atomic E-state index is -0.993. The van der Waals surface area contributed by atoms with Crippen molar-refractivity contribution in [3.63, 3.8) is 0 Å². The summed E-state index contributed by atoms with van der Waals surface area (Å²) in [4.78, 5) is 12.4. The van der Waals surface area contributed by atoms with Crippen LogP contribution in [0, 0.1) is 5.41 Å². The van der Waals surface area contributed by atoms with Crippen molar-refractivity contribution in [2.75, 3.05) is 0 Å². The number of carboxylic acid groups (broad SMARTS) is 1. The molecule has 0 fully saturated rings. The minimum absolute atomic E-state index is 0.759. The average Bonchev–Trinajstić information content (AvgIpc) is 2.83. The normalized spacial score (nSPS) is 12.6. The molecule has 1 N–H and O–H groups in total. The number of aliphatic carboxylic acids is 1. The van der Waals surface area contributed by atoms with Gasteiger partial charge in [-0.3, -0.25) is 4.79 Å². The van der Waals surface area contributed by atoms with Crippen molar-refractivity contribution in [1.82, 2.24) is 0 Å². The molecule has 0 rings (SSSR count). The molecule has 0 aromatic heterocycles. The van der Waals surface area contributed by atoms with Crippen LogP contribution in [-0.4, -0.2) is 11.1 Å². The molecule has 0 unspecified atom stereocenters. The van der Waals surface area contributed by atoms with E-state index >= 15 is 0 Å². The molecule has 0 heterocycles. The molecule has 0 spiro atoms. The van der Waals surface area contributed by atoms with Crippen LogP contribution in [0.1, 0.15) is 156 Å². The molecule has 2 nitrogen and oxygen atoms in total. The summed E-state index contributed by atoms with van der Waals surface area (Å²) in [5.74, 6) is -0.759. The lowest BCUT2D eigenvalue weighted by atomic mass is 9.85. The summed E-state index contributed by atoms with van der Waals surface area (Å²) in [6.07, 6.45) is 37.9. The lowest BCUT2D eigenvalue weighted by Crippen LogP contribution is -2.24. The third-order valence-electron chi connectivity index (χ3n) is 6.72. The van der Waals surface area contributed by atoms with Gasteiger partial charge in [-0.1, -0.05) is 154 Å². The Balaban J connectivity index is 4.82. The minimum Gasteiger partial charge on any atom is -0.480 e. The van der Waals surface area contributed by atoms with Gasteiger partial charge in [0.25, 0.3) is 0 Å². The summed E-state index contributed by atoms with van der Waals surface area (Å²) in [7, 11) is 0. The van der Waals surface area contributed by atoms with Crippen LogP contribution in [-0.2, 0) is 4.79 Å². The van der Waals surface area contributed by atoms with E-state index in [2.05, 4.69) is 39.0 Å². The summed E-state index contributed by atoms with van der Waals surface area (Å²) in [6.45, 7) is 6.73. The molecule has 0 radical (unpaired) electrons. The second-order valence-corrected chi connectivity index (χ2v) is 10.1. The molecule has 0 atom stereocenters. The van der Waals surface area contributed by atoms with E-state index in [0.717, 1.165) is 38.5 Å². The van der Waals surface area contributed by atoms with Gasteiger partial charge in [-0.15, -0.1) is 0 Å². The molecule has 0 amide bonds. The van der Waals surface area contributed by atoms with Gasteiger partial charge < -0.3 is 5.11 Å². The van der Waals surface area contributed by atoms with Crippen LogP contribution in [0.2, 0.25) is 0 Å². The fourth-order valence-electron chi connectivity index (χ4n) is 4.34. The molecule has 0 saturated heterocycles. The highest BCUT2D eigenvalue weighted by Crippen LogP contribution is 2.26. The highest BCUT2D eigenvalue weighted by atomic mass is 16.4. The first-order valence-electron chi connectivity index (χ1n) is 14.9. The van der Waals surface area contributed by atoms with Gasteiger partial charge in [-0.25, -0.2) is 0 Å². The van der Waals surface area contributed by atoms with Crippen LogP contribution < -0.4 is 0 Å². The SMILES string of the molecule is CCCCCCCC/C=C/C(/C=C/CCCCCCCC)(/C=C/CCCCCCCC)C(=O)O. The van der Waals surface area contributed by atoms with Crippen molar-refractivity contribution in [3.8, 4) is 0 Å². The lowest BCUT2D eigenvalue weighted by molar-refractivity contribution is -0.141. The number of rotatable bonds is 25. The first-order chi connectivity index (χ1) is 16.6. The van der Waals surface area contributed by atoms with Gasteiger partial charge in [0.1, 0.15) is 5.41 Å². The van der Waals surface area contributed by atoms with Gasteiger partial charge in [-0.05, 0) is 38.5 Å². The molecule has 0 aliphatic rings. The van der Waals surface area contributed by atoms with E-state index in [4.69, 9.17) is 0 Å². The van der Waals surface area contributed by atoms with Crippen LogP contribution in [0.4, 0.5) is 0 Å². The van der Waals surface area contributed by atoms with Gasteiger partial charge in [0.05, 0.1) is 0 Å². The monoisotopic (exact) mass is 474 g/mol. The standard InChI is InChI=1S/C32H58O2/c1-4-7-10-13-16-19-22-25-28-32(31(33)34,29-26-23-20-17-14-11-8-5-2)30-27-24-21-18-15-12-9-6-3/h25-30H,4-24H2,1-3H3,(H,33,34)/b28-25+,29-26+,30-27+. The van der Waals surface area contributed by atoms with Crippen molar-refractivity contribution in [3.05, 3.63) is 36.5 Å². The predicted molar refractivity (Wildman–Crippen MR) is 151 cm³/mol. The molecular formula is C32H58O2. The predicted octanol–water partition coefficient (Wildman–Crippen LogP) is 11.0. The van der Waals surface area contributed by atoms with Crippen LogP contribution in [0.3, 0.4) is 0 Å². The van der Waals surface area contributed by atoms with Crippen LogP contribution >= 0.6 is 0 Å². The van der Waals surface area contributed by atoms with Crippen molar-refractivity contribution in [2.24, 2.45) is 5.41 Å². The number of hydrogen-bond donors (Lipinski definition) is 1. The molecule has 198 valence electrons. The maximum Gasteiger partial charge on any atom is 0.321 e. The summed E-state index contributed by atoms with van der Waals surface area (Å²) in [5, 5.41) is 10.2. The van der Waals surface area contributed by atoms with Crippen LogP contribution in [0.25, 0.3) is 0 Å². The molecule has 2 heteroatoms. The lowest BCUT2D eigenvalue weighted by Gasteiger charge is -2.18. The summed E-state index contributed by atoms with van der Waals surface area (Å²) < 4.78 is 0. The van der Waals surface area contributed by atoms with Gasteiger partial charge in [0.15, 0.2) is 0 Å². The molecule has 0 aliphatic heterocycles. The fraction of sp³-hybridized carbons (Fsp3) is 0.781. The van der Waals surface area contributed by atoms with Crippen molar-refractivity contribution >= 4 is 5.97 Å².